The molecule has 1 aromatic carbocycles. The van der Waals surface area contributed by atoms with Crippen LogP contribution in [0.2, 0.25) is 0 Å². The first-order valence-corrected chi connectivity index (χ1v) is 9.22. The van der Waals surface area contributed by atoms with Crippen molar-refractivity contribution in [2.45, 2.75) is 50.9 Å². The number of alkyl halides is 3. The highest BCUT2D eigenvalue weighted by Gasteiger charge is 2.35. The van der Waals surface area contributed by atoms with Crippen LogP contribution in [0, 0.1) is 0 Å². The highest BCUT2D eigenvalue weighted by atomic mass is 19.4. The summed E-state index contributed by atoms with van der Waals surface area (Å²) in [5.74, 6) is -0.941. The molecule has 0 radical (unpaired) electrons. The second-order valence-corrected chi connectivity index (χ2v) is 7.08. The van der Waals surface area contributed by atoms with E-state index in [2.05, 4.69) is 15.6 Å². The highest BCUT2D eigenvalue weighted by molar-refractivity contribution is 6.05. The summed E-state index contributed by atoms with van der Waals surface area (Å²) in [4.78, 5) is 29.4. The Bertz CT molecular complexity index is 932. The van der Waals surface area contributed by atoms with Gasteiger partial charge in [0.2, 0.25) is 0 Å². The largest absolute Gasteiger partial charge is 0.418 e. The lowest BCUT2D eigenvalue weighted by atomic mass is 10.1. The van der Waals surface area contributed by atoms with E-state index in [0.29, 0.717) is 18.7 Å². The third kappa shape index (κ3) is 3.61. The van der Waals surface area contributed by atoms with Crippen LogP contribution in [0.25, 0.3) is 0 Å². The first-order valence-electron chi connectivity index (χ1n) is 9.22. The second kappa shape index (κ2) is 6.96. The molecular weight excluding hydrogens is 373 g/mol. The van der Waals surface area contributed by atoms with Crippen molar-refractivity contribution in [1.82, 2.24) is 14.9 Å². The molecule has 1 saturated carbocycles. The maximum absolute atomic E-state index is 13.2. The van der Waals surface area contributed by atoms with Crippen molar-refractivity contribution in [3.63, 3.8) is 0 Å². The zero-order valence-electron chi connectivity index (χ0n) is 15.0. The summed E-state index contributed by atoms with van der Waals surface area (Å²) in [7, 11) is 0. The molecule has 1 aliphatic heterocycles. The van der Waals surface area contributed by atoms with Gasteiger partial charge in [0.1, 0.15) is 0 Å². The lowest BCUT2D eigenvalue weighted by Gasteiger charge is -2.17. The number of anilines is 1. The number of amides is 2. The lowest BCUT2D eigenvalue weighted by Crippen LogP contribution is -2.29. The fourth-order valence-electron chi connectivity index (χ4n) is 3.40. The van der Waals surface area contributed by atoms with Crippen LogP contribution < -0.4 is 10.6 Å². The van der Waals surface area contributed by atoms with Crippen LogP contribution >= 0.6 is 0 Å². The zero-order chi connectivity index (χ0) is 19.9. The summed E-state index contributed by atoms with van der Waals surface area (Å²) in [6.45, 7) is 0.558. The summed E-state index contributed by atoms with van der Waals surface area (Å²) in [5, 5.41) is 5.17. The number of carbonyl (C=O) groups is 2. The Labute approximate surface area is 159 Å². The molecule has 0 unspecified atom stereocenters. The number of nitrogens with one attached hydrogen (secondary N) is 2. The second-order valence-electron chi connectivity index (χ2n) is 7.08. The van der Waals surface area contributed by atoms with E-state index in [1.54, 1.807) is 4.57 Å². The van der Waals surface area contributed by atoms with Gasteiger partial charge in [-0.2, -0.15) is 13.2 Å². The molecule has 0 spiro atoms. The summed E-state index contributed by atoms with van der Waals surface area (Å²) < 4.78 is 41.3. The van der Waals surface area contributed by atoms with Crippen molar-refractivity contribution in [2.24, 2.45) is 0 Å². The summed E-state index contributed by atoms with van der Waals surface area (Å²) in [6, 6.07) is 4.93. The van der Waals surface area contributed by atoms with Crippen LogP contribution in [-0.2, 0) is 19.1 Å². The van der Waals surface area contributed by atoms with E-state index < -0.39 is 17.6 Å². The van der Waals surface area contributed by atoms with Crippen LogP contribution in [0.3, 0.4) is 0 Å². The van der Waals surface area contributed by atoms with Gasteiger partial charge in [0, 0.05) is 12.6 Å². The Kier molecular flexibility index (Phi) is 4.60. The average Bonchev–Trinajstić information content (AvgIpc) is 3.38. The molecule has 6 nitrogen and oxygen atoms in total. The van der Waals surface area contributed by atoms with Crippen molar-refractivity contribution >= 4 is 17.5 Å². The maximum atomic E-state index is 13.2. The predicted octanol–water partition coefficient (Wildman–Crippen LogP) is 3.38. The molecule has 2 aliphatic rings. The minimum Gasteiger partial charge on any atom is -0.347 e. The molecule has 0 saturated heterocycles. The number of benzene rings is 1. The number of para-hydroxylation sites is 1. The summed E-state index contributed by atoms with van der Waals surface area (Å²) in [6.07, 6.45) is -0.526. The van der Waals surface area contributed by atoms with E-state index in [9.17, 15) is 22.8 Å². The Morgan fingerprint density at radius 1 is 1.11 bits per heavy atom. The van der Waals surface area contributed by atoms with Crippen molar-refractivity contribution in [2.75, 3.05) is 5.32 Å². The van der Waals surface area contributed by atoms with Crippen molar-refractivity contribution < 1.29 is 22.8 Å². The molecule has 28 heavy (non-hydrogen) atoms. The molecular formula is C19H19F3N4O2. The van der Waals surface area contributed by atoms with Crippen LogP contribution in [0.1, 0.15) is 58.0 Å². The number of rotatable bonds is 4. The highest BCUT2D eigenvalue weighted by Crippen LogP contribution is 2.35. The van der Waals surface area contributed by atoms with Crippen LogP contribution in [0.5, 0.6) is 0 Å². The van der Waals surface area contributed by atoms with E-state index in [1.807, 2.05) is 0 Å². The Hall–Kier alpha value is -2.84. The van der Waals surface area contributed by atoms with Crippen LogP contribution in [0.15, 0.2) is 24.3 Å². The Morgan fingerprint density at radius 2 is 1.86 bits per heavy atom. The van der Waals surface area contributed by atoms with Gasteiger partial charge in [-0.25, -0.2) is 4.98 Å². The molecule has 0 bridgehead atoms. The van der Waals surface area contributed by atoms with Crippen molar-refractivity contribution in [1.29, 1.82) is 0 Å². The third-order valence-electron chi connectivity index (χ3n) is 4.93. The molecule has 2 amide bonds. The maximum Gasteiger partial charge on any atom is 0.418 e. The summed E-state index contributed by atoms with van der Waals surface area (Å²) in [5.41, 5.74) is -0.656. The molecule has 2 N–H and O–H groups in total. The van der Waals surface area contributed by atoms with E-state index in [1.165, 1.54) is 18.2 Å². The number of halogens is 3. The smallest absolute Gasteiger partial charge is 0.347 e. The molecule has 1 fully saturated rings. The minimum atomic E-state index is -4.59. The molecule has 2 aromatic rings. The number of imidazole rings is 1. The van der Waals surface area contributed by atoms with Gasteiger partial charge in [0.25, 0.3) is 11.8 Å². The number of hydrogen-bond donors (Lipinski definition) is 2. The fourth-order valence-corrected chi connectivity index (χ4v) is 3.40. The Balaban J connectivity index is 1.65. The van der Waals surface area contributed by atoms with E-state index >= 15 is 0 Å². The molecule has 1 aromatic heterocycles. The van der Waals surface area contributed by atoms with Crippen LogP contribution in [-0.4, -0.2) is 27.4 Å². The zero-order valence-corrected chi connectivity index (χ0v) is 15.0. The van der Waals surface area contributed by atoms with Gasteiger partial charge >= 0.3 is 6.18 Å². The topological polar surface area (TPSA) is 76.0 Å². The number of nitrogens with zero attached hydrogens (tertiary/aromatic N) is 2. The van der Waals surface area contributed by atoms with Crippen LogP contribution in [0.4, 0.5) is 18.9 Å². The molecule has 4 rings (SSSR count). The van der Waals surface area contributed by atoms with Gasteiger partial charge in [-0.15, -0.1) is 0 Å². The van der Waals surface area contributed by atoms with Gasteiger partial charge in [-0.1, -0.05) is 12.1 Å². The average molecular weight is 392 g/mol. The molecule has 1 aliphatic carbocycles. The first-order chi connectivity index (χ1) is 13.3. The lowest BCUT2D eigenvalue weighted by molar-refractivity contribution is -0.136. The standard InChI is InChI=1S/C19H19F3N4O2/c20-19(21,22)12-5-1-2-6-13(12)24-17(27)15-14-7-3-4-10-26(14)16(25-15)18(28)23-11-8-9-11/h1-2,5-6,11H,3-4,7-10H2,(H,23,28)(H,24,27). The van der Waals surface area contributed by atoms with E-state index in [-0.39, 0.29) is 29.2 Å². The van der Waals surface area contributed by atoms with Gasteiger partial charge in [0.05, 0.1) is 16.9 Å². The van der Waals surface area contributed by atoms with Gasteiger partial charge in [0.15, 0.2) is 11.5 Å². The van der Waals surface area contributed by atoms with Gasteiger partial charge in [-0.05, 0) is 44.2 Å². The van der Waals surface area contributed by atoms with E-state index in [0.717, 1.165) is 31.7 Å². The molecule has 9 heteroatoms. The molecule has 2 heterocycles. The van der Waals surface area contributed by atoms with Crippen molar-refractivity contribution in [3.8, 4) is 0 Å². The quantitative estimate of drug-likeness (QED) is 0.838. The third-order valence-corrected chi connectivity index (χ3v) is 4.93. The number of aromatic nitrogens is 2. The predicted molar refractivity (Wildman–Crippen MR) is 95.1 cm³/mol. The molecule has 148 valence electrons. The fraction of sp³-hybridized carbons (Fsp3) is 0.421. The van der Waals surface area contributed by atoms with E-state index in [4.69, 9.17) is 0 Å². The normalized spacial score (nSPS) is 16.4. The Morgan fingerprint density at radius 3 is 2.57 bits per heavy atom. The minimum absolute atomic E-state index is 0.0117. The van der Waals surface area contributed by atoms with Gasteiger partial charge < -0.3 is 15.2 Å². The SMILES string of the molecule is O=C(Nc1ccccc1C(F)(F)F)c1nc(C(=O)NC2CC2)n2c1CCCC2. The first kappa shape index (κ1) is 18.5. The number of carbonyl (C=O) groups excluding carboxylic acids is 2. The molecule has 0 atom stereocenters. The monoisotopic (exact) mass is 392 g/mol. The number of hydrogen-bond acceptors (Lipinski definition) is 3. The van der Waals surface area contributed by atoms with Gasteiger partial charge in [-0.3, -0.25) is 9.59 Å². The number of fused-ring (bicyclic) bond motifs is 1. The van der Waals surface area contributed by atoms with Crippen molar-refractivity contribution in [3.05, 3.63) is 47.0 Å². The summed E-state index contributed by atoms with van der Waals surface area (Å²) >= 11 is 0.